The van der Waals surface area contributed by atoms with Gasteiger partial charge in [0.15, 0.2) is 0 Å². The number of halogens is 6. The number of aliphatic carboxylic acids is 2. The van der Waals surface area contributed by atoms with Crippen LogP contribution in [0.2, 0.25) is 0 Å². The summed E-state index contributed by atoms with van der Waals surface area (Å²) in [6.45, 7) is 5.46. The number of likely N-dealkylation sites (tertiary alicyclic amines) is 1. The van der Waals surface area contributed by atoms with Crippen LogP contribution in [0.4, 0.5) is 26.3 Å². The van der Waals surface area contributed by atoms with Crippen LogP contribution < -0.4 is 0 Å². The van der Waals surface area contributed by atoms with Crippen molar-refractivity contribution < 1.29 is 50.9 Å². The quantitative estimate of drug-likeness (QED) is 0.555. The molecule has 1 saturated carbocycles. The number of carboxylic acids is 2. The van der Waals surface area contributed by atoms with Crippen LogP contribution in [-0.4, -0.2) is 94.7 Å². The minimum absolute atomic E-state index is 0.683. The van der Waals surface area contributed by atoms with Crippen LogP contribution in [0, 0.1) is 11.8 Å². The summed E-state index contributed by atoms with van der Waals surface area (Å²) in [5, 5.41) is 14.2. The van der Waals surface area contributed by atoms with Gasteiger partial charge in [-0.05, 0) is 50.3 Å². The fourth-order valence-corrected chi connectivity index (χ4v) is 5.00. The molecular weight excluding hydrogens is 512 g/mol. The molecule has 1 aromatic heterocycles. The van der Waals surface area contributed by atoms with E-state index in [-0.39, 0.29) is 0 Å². The number of carbonyl (C=O) groups is 2. The first-order valence-electron chi connectivity index (χ1n) is 11.7. The molecule has 0 radical (unpaired) electrons. The number of carboxylic acid groups (broad SMARTS) is 2. The van der Waals surface area contributed by atoms with Crippen LogP contribution in [-0.2, 0) is 20.9 Å². The molecule has 2 aliphatic heterocycles. The highest BCUT2D eigenvalue weighted by Crippen LogP contribution is 2.40. The summed E-state index contributed by atoms with van der Waals surface area (Å²) in [6, 6.07) is 7.63. The predicted octanol–water partition coefficient (Wildman–Crippen LogP) is 3.67. The lowest BCUT2D eigenvalue weighted by atomic mass is 9.77. The van der Waals surface area contributed by atoms with E-state index in [1.165, 1.54) is 44.5 Å². The van der Waals surface area contributed by atoms with Crippen molar-refractivity contribution in [2.75, 3.05) is 33.4 Å². The SMILES string of the molecule is CN(Cc1ccccn1)C1CCC[C@@H]2CN(C3CCOC3)C[C@H]12.O=C(O)C(F)(F)F.O=C(O)C(F)(F)F. The van der Waals surface area contributed by atoms with E-state index in [9.17, 15) is 26.3 Å². The van der Waals surface area contributed by atoms with E-state index in [0.717, 1.165) is 31.6 Å². The van der Waals surface area contributed by atoms with Crippen LogP contribution in [0.15, 0.2) is 24.4 Å². The molecule has 0 bridgehead atoms. The fourth-order valence-electron chi connectivity index (χ4n) is 5.00. The second-order valence-electron chi connectivity index (χ2n) is 9.24. The van der Waals surface area contributed by atoms with Crippen molar-refractivity contribution in [2.24, 2.45) is 11.8 Å². The number of alkyl halides is 6. The van der Waals surface area contributed by atoms with E-state index in [4.69, 9.17) is 24.5 Å². The monoisotopic (exact) mass is 543 g/mol. The molecule has 2 unspecified atom stereocenters. The summed E-state index contributed by atoms with van der Waals surface area (Å²) in [7, 11) is 2.29. The Bertz CT molecular complexity index is 841. The lowest BCUT2D eigenvalue weighted by Gasteiger charge is -2.39. The van der Waals surface area contributed by atoms with E-state index in [2.05, 4.69) is 34.0 Å². The zero-order chi connectivity index (χ0) is 27.8. The molecular formula is C23H31F6N3O5. The minimum Gasteiger partial charge on any atom is -0.475 e. The summed E-state index contributed by atoms with van der Waals surface area (Å²) in [5.41, 5.74) is 1.19. The average molecular weight is 544 g/mol. The first kappa shape index (κ1) is 30.8. The average Bonchev–Trinajstić information content (AvgIpc) is 3.49. The smallest absolute Gasteiger partial charge is 0.475 e. The second kappa shape index (κ2) is 13.4. The molecule has 37 heavy (non-hydrogen) atoms. The lowest BCUT2D eigenvalue weighted by Crippen LogP contribution is -2.43. The molecule has 3 fully saturated rings. The van der Waals surface area contributed by atoms with Crippen LogP contribution in [0.25, 0.3) is 0 Å². The maximum absolute atomic E-state index is 10.6. The molecule has 8 nitrogen and oxygen atoms in total. The Morgan fingerprint density at radius 2 is 1.68 bits per heavy atom. The van der Waals surface area contributed by atoms with Crippen LogP contribution in [0.3, 0.4) is 0 Å². The number of hydrogen-bond acceptors (Lipinski definition) is 6. The van der Waals surface area contributed by atoms with Crippen molar-refractivity contribution in [2.45, 2.75) is 56.7 Å². The van der Waals surface area contributed by atoms with Crippen molar-refractivity contribution in [1.82, 2.24) is 14.8 Å². The maximum Gasteiger partial charge on any atom is 0.490 e. The largest absolute Gasteiger partial charge is 0.490 e. The number of pyridine rings is 1. The Hall–Kier alpha value is -2.45. The molecule has 0 amide bonds. The molecule has 3 aliphatic rings. The standard InChI is InChI=1S/C19H29N3O.2C2HF3O2/c1-21(12-16-6-2-3-9-20-16)19-7-4-5-15-11-22(13-18(15)19)17-8-10-23-14-17;2*3-2(4,5)1(6)7/h2-3,6,9,15,17-19H,4-5,7-8,10-14H2,1H3;2*(H,6,7)/t15-,17?,18+,19?;;/m1../s1. The van der Waals surface area contributed by atoms with Gasteiger partial charge >= 0.3 is 24.3 Å². The zero-order valence-electron chi connectivity index (χ0n) is 20.2. The molecule has 1 aliphatic carbocycles. The third-order valence-corrected chi connectivity index (χ3v) is 6.70. The molecule has 210 valence electrons. The minimum atomic E-state index is -5.08. The number of nitrogens with zero attached hydrogens (tertiary/aromatic N) is 3. The summed E-state index contributed by atoms with van der Waals surface area (Å²) >= 11 is 0. The van der Waals surface area contributed by atoms with Crippen molar-refractivity contribution >= 4 is 11.9 Å². The van der Waals surface area contributed by atoms with Crippen molar-refractivity contribution in [3.63, 3.8) is 0 Å². The van der Waals surface area contributed by atoms with Crippen LogP contribution in [0.5, 0.6) is 0 Å². The molecule has 0 aromatic carbocycles. The van der Waals surface area contributed by atoms with Crippen molar-refractivity contribution in [3.05, 3.63) is 30.1 Å². The lowest BCUT2D eigenvalue weighted by molar-refractivity contribution is -0.193. The summed E-state index contributed by atoms with van der Waals surface area (Å²) in [5.74, 6) is -3.79. The zero-order valence-corrected chi connectivity index (χ0v) is 20.2. The van der Waals surface area contributed by atoms with Crippen LogP contribution in [0.1, 0.15) is 31.4 Å². The summed E-state index contributed by atoms with van der Waals surface area (Å²) in [6.07, 6.45) is -2.88. The topological polar surface area (TPSA) is 103 Å². The van der Waals surface area contributed by atoms with Gasteiger partial charge in [-0.2, -0.15) is 26.3 Å². The van der Waals surface area contributed by atoms with E-state index in [1.807, 2.05) is 12.3 Å². The van der Waals surface area contributed by atoms with E-state index < -0.39 is 24.3 Å². The number of aromatic nitrogens is 1. The first-order valence-corrected chi connectivity index (χ1v) is 11.7. The Morgan fingerprint density at radius 3 is 2.16 bits per heavy atom. The van der Waals surface area contributed by atoms with Gasteiger partial charge in [-0.3, -0.25) is 14.8 Å². The highest BCUT2D eigenvalue weighted by atomic mass is 19.4. The number of ether oxygens (including phenoxy) is 1. The highest BCUT2D eigenvalue weighted by Gasteiger charge is 2.44. The molecule has 1 aromatic rings. The highest BCUT2D eigenvalue weighted by molar-refractivity contribution is 5.73. The van der Waals surface area contributed by atoms with Gasteiger partial charge in [0, 0.05) is 44.5 Å². The van der Waals surface area contributed by atoms with Gasteiger partial charge in [-0.25, -0.2) is 9.59 Å². The van der Waals surface area contributed by atoms with Gasteiger partial charge in [0.2, 0.25) is 0 Å². The number of rotatable bonds is 4. The Kier molecular flexibility index (Phi) is 11.1. The van der Waals surface area contributed by atoms with Crippen molar-refractivity contribution in [1.29, 1.82) is 0 Å². The van der Waals surface area contributed by atoms with Gasteiger partial charge in [-0.15, -0.1) is 0 Å². The van der Waals surface area contributed by atoms with E-state index in [1.54, 1.807) is 0 Å². The number of fused-ring (bicyclic) bond motifs is 1. The fraction of sp³-hybridized carbons (Fsp3) is 0.696. The summed E-state index contributed by atoms with van der Waals surface area (Å²) in [4.78, 5) is 27.6. The van der Waals surface area contributed by atoms with E-state index >= 15 is 0 Å². The Morgan fingerprint density at radius 1 is 1.05 bits per heavy atom. The maximum atomic E-state index is 10.6. The summed E-state index contributed by atoms with van der Waals surface area (Å²) < 4.78 is 69.1. The molecule has 0 spiro atoms. The molecule has 4 rings (SSSR count). The molecule has 14 heteroatoms. The van der Waals surface area contributed by atoms with Gasteiger partial charge in [0.05, 0.1) is 12.3 Å². The normalized spacial score (nSPS) is 25.9. The number of hydrogen-bond donors (Lipinski definition) is 2. The first-order chi connectivity index (χ1) is 17.2. The Labute approximate surface area is 210 Å². The third-order valence-electron chi connectivity index (χ3n) is 6.70. The molecule has 2 N–H and O–H groups in total. The Balaban J connectivity index is 0.000000286. The van der Waals surface area contributed by atoms with Gasteiger partial charge in [-0.1, -0.05) is 12.5 Å². The van der Waals surface area contributed by atoms with E-state index in [0.29, 0.717) is 12.1 Å². The van der Waals surface area contributed by atoms with Gasteiger partial charge in [0.1, 0.15) is 0 Å². The van der Waals surface area contributed by atoms with Gasteiger partial charge in [0.25, 0.3) is 0 Å². The molecule has 4 atom stereocenters. The predicted molar refractivity (Wildman–Crippen MR) is 119 cm³/mol. The molecule has 2 saturated heterocycles. The van der Waals surface area contributed by atoms with Crippen molar-refractivity contribution in [3.8, 4) is 0 Å². The second-order valence-corrected chi connectivity index (χ2v) is 9.24. The van der Waals surface area contributed by atoms with Gasteiger partial charge < -0.3 is 14.9 Å². The molecule has 3 heterocycles. The van der Waals surface area contributed by atoms with Crippen LogP contribution >= 0.6 is 0 Å². The third kappa shape index (κ3) is 9.74.